The molecular formula is C28H37N5O5S. The van der Waals surface area contributed by atoms with Crippen molar-refractivity contribution in [2.45, 2.75) is 51.0 Å². The third-order valence-corrected chi connectivity index (χ3v) is 8.63. The average Bonchev–Trinajstić information content (AvgIpc) is 3.65. The Hall–Kier alpha value is -2.86. The van der Waals surface area contributed by atoms with Crippen molar-refractivity contribution in [3.05, 3.63) is 35.2 Å². The van der Waals surface area contributed by atoms with E-state index < -0.39 is 30.1 Å². The number of nitrogens with zero attached hydrogens (tertiary/aromatic N) is 4. The highest BCUT2D eigenvalue weighted by molar-refractivity contribution is 7.14. The third kappa shape index (κ3) is 5.72. The number of fused-ring (bicyclic) bond motifs is 1. The number of methoxy groups -OCH3 is 1. The van der Waals surface area contributed by atoms with E-state index in [1.807, 2.05) is 31.4 Å². The van der Waals surface area contributed by atoms with Crippen molar-refractivity contribution < 1.29 is 23.9 Å². The first-order valence-electron chi connectivity index (χ1n) is 13.6. The first-order chi connectivity index (χ1) is 18.8. The Bertz CT molecular complexity index is 1190. The van der Waals surface area contributed by atoms with Gasteiger partial charge in [-0.15, -0.1) is 11.3 Å². The number of ether oxygens (including phenoxy) is 2. The number of rotatable bonds is 8. The number of likely N-dealkylation sites (N-methyl/N-ethyl adjacent to an activating group) is 1. The highest BCUT2D eigenvalue weighted by Crippen LogP contribution is 2.33. The fraction of sp³-hybridized carbons (Fsp3) is 0.571. The number of piperazine rings is 1. The van der Waals surface area contributed by atoms with Gasteiger partial charge in [-0.05, 0) is 37.9 Å². The highest BCUT2D eigenvalue weighted by Gasteiger charge is 2.55. The summed E-state index contributed by atoms with van der Waals surface area (Å²) in [6.45, 7) is 8.40. The molecule has 0 spiro atoms. The van der Waals surface area contributed by atoms with Gasteiger partial charge in [-0.1, -0.05) is 26.0 Å². The number of benzene rings is 1. The van der Waals surface area contributed by atoms with E-state index in [0.29, 0.717) is 25.0 Å². The maximum absolute atomic E-state index is 13.6. The minimum Gasteiger partial charge on any atom is -0.373 e. The van der Waals surface area contributed by atoms with Gasteiger partial charge in [0.25, 0.3) is 17.7 Å². The van der Waals surface area contributed by atoms with Crippen molar-refractivity contribution in [3.8, 4) is 11.3 Å². The first kappa shape index (κ1) is 27.7. The molecule has 0 bridgehead atoms. The summed E-state index contributed by atoms with van der Waals surface area (Å²) in [5.74, 6) is -1.03. The number of hydrogen-bond acceptors (Lipinski definition) is 9. The summed E-state index contributed by atoms with van der Waals surface area (Å²) >= 11 is 1.63. The van der Waals surface area contributed by atoms with Crippen LogP contribution in [-0.2, 0) is 19.1 Å². The molecule has 4 heterocycles. The quantitative estimate of drug-likeness (QED) is 0.529. The molecule has 4 atom stereocenters. The zero-order valence-corrected chi connectivity index (χ0v) is 23.8. The van der Waals surface area contributed by atoms with Crippen molar-refractivity contribution in [2.75, 3.05) is 51.8 Å². The molecule has 1 aromatic carbocycles. The van der Waals surface area contributed by atoms with E-state index in [4.69, 9.17) is 14.5 Å². The normalized spacial score (nSPS) is 24.3. The topological polar surface area (TPSA) is 104 Å². The van der Waals surface area contributed by atoms with E-state index in [-0.39, 0.29) is 17.9 Å². The number of thiazole rings is 1. The Labute approximate surface area is 233 Å². The van der Waals surface area contributed by atoms with Crippen LogP contribution in [0.5, 0.6) is 0 Å². The van der Waals surface area contributed by atoms with Gasteiger partial charge in [0.05, 0.1) is 11.7 Å². The van der Waals surface area contributed by atoms with Crippen LogP contribution in [0.25, 0.3) is 11.3 Å². The molecule has 0 radical (unpaired) electrons. The second kappa shape index (κ2) is 11.7. The molecule has 3 fully saturated rings. The standard InChI is InChI=1S/C28H37N5O5S/c1-17(2)15-20(26(35)33-22-9-14-38-23(22)24(37-4)27(33)36)29-25(34)19-7-5-18(6-8-19)21-16-39-28(30-21)32-12-10-31(3)11-13-32/h5-8,16-17,20,22-24H,9-15H2,1-4H3,(H,29,34)/t20-,22-,23-,24+/m0/s1. The van der Waals surface area contributed by atoms with Crippen LogP contribution < -0.4 is 10.2 Å². The van der Waals surface area contributed by atoms with Crippen LogP contribution in [0.15, 0.2) is 29.6 Å². The molecule has 210 valence electrons. The second-order valence-corrected chi connectivity index (χ2v) is 11.8. The van der Waals surface area contributed by atoms with Crippen LogP contribution in [0.2, 0.25) is 0 Å². The minimum atomic E-state index is -0.831. The summed E-state index contributed by atoms with van der Waals surface area (Å²) in [6, 6.07) is 6.06. The largest absolute Gasteiger partial charge is 0.373 e. The Morgan fingerprint density at radius 3 is 2.56 bits per heavy atom. The van der Waals surface area contributed by atoms with E-state index in [9.17, 15) is 14.4 Å². The summed E-state index contributed by atoms with van der Waals surface area (Å²) in [5.41, 5.74) is 2.25. The fourth-order valence-electron chi connectivity index (χ4n) is 5.55. The Morgan fingerprint density at radius 2 is 1.90 bits per heavy atom. The van der Waals surface area contributed by atoms with Crippen molar-refractivity contribution in [2.24, 2.45) is 5.92 Å². The van der Waals surface area contributed by atoms with E-state index in [1.165, 1.54) is 12.0 Å². The number of likely N-dealkylation sites (tertiary alicyclic amines) is 1. The third-order valence-electron chi connectivity index (χ3n) is 7.72. The summed E-state index contributed by atoms with van der Waals surface area (Å²) in [6.07, 6.45) is -0.279. The number of anilines is 1. The minimum absolute atomic E-state index is 0.132. The monoisotopic (exact) mass is 555 g/mol. The number of imide groups is 1. The van der Waals surface area contributed by atoms with Gasteiger partial charge in [0.2, 0.25) is 0 Å². The Balaban J connectivity index is 1.27. The SMILES string of the molecule is CO[C@H]1C(=O)N(C(=O)[C@H](CC(C)C)NC(=O)c2ccc(-c3csc(N4CCN(C)CC4)n3)cc2)[C@H]2CCO[C@H]12. The summed E-state index contributed by atoms with van der Waals surface area (Å²) in [5, 5.41) is 5.95. The van der Waals surface area contributed by atoms with Crippen LogP contribution in [-0.4, -0.2) is 104 Å². The summed E-state index contributed by atoms with van der Waals surface area (Å²) in [7, 11) is 3.58. The first-order valence-corrected chi connectivity index (χ1v) is 14.5. The molecule has 11 heteroatoms. The average molecular weight is 556 g/mol. The van der Waals surface area contributed by atoms with Gasteiger partial charge in [0.1, 0.15) is 12.1 Å². The molecule has 5 rings (SSSR count). The van der Waals surface area contributed by atoms with Gasteiger partial charge in [0.15, 0.2) is 11.2 Å². The number of amides is 3. The zero-order valence-electron chi connectivity index (χ0n) is 23.0. The maximum Gasteiger partial charge on any atom is 0.261 e. The van der Waals surface area contributed by atoms with Crippen LogP contribution in [0.3, 0.4) is 0 Å². The Kier molecular flexibility index (Phi) is 8.32. The van der Waals surface area contributed by atoms with Crippen molar-refractivity contribution in [3.63, 3.8) is 0 Å². The number of hydrogen-bond donors (Lipinski definition) is 1. The van der Waals surface area contributed by atoms with Gasteiger partial charge >= 0.3 is 0 Å². The van der Waals surface area contributed by atoms with Crippen LogP contribution in [0.4, 0.5) is 5.13 Å². The van der Waals surface area contributed by atoms with Crippen molar-refractivity contribution in [1.29, 1.82) is 0 Å². The van der Waals surface area contributed by atoms with Gasteiger partial charge in [0, 0.05) is 56.4 Å². The van der Waals surface area contributed by atoms with Crippen molar-refractivity contribution in [1.82, 2.24) is 20.1 Å². The lowest BCUT2D eigenvalue weighted by molar-refractivity contribution is -0.149. The lowest BCUT2D eigenvalue weighted by Gasteiger charge is -2.32. The summed E-state index contributed by atoms with van der Waals surface area (Å²) in [4.78, 5) is 50.6. The van der Waals surface area contributed by atoms with E-state index in [1.54, 1.807) is 23.5 Å². The molecular weight excluding hydrogens is 518 g/mol. The number of nitrogens with one attached hydrogen (secondary N) is 1. The van der Waals surface area contributed by atoms with E-state index in [2.05, 4.69) is 22.2 Å². The molecule has 10 nitrogen and oxygen atoms in total. The predicted octanol–water partition coefficient (Wildman–Crippen LogP) is 2.25. The predicted molar refractivity (Wildman–Crippen MR) is 149 cm³/mol. The number of aromatic nitrogens is 1. The molecule has 1 aromatic heterocycles. The lowest BCUT2D eigenvalue weighted by atomic mass is 10.0. The van der Waals surface area contributed by atoms with E-state index >= 15 is 0 Å². The van der Waals surface area contributed by atoms with Crippen LogP contribution >= 0.6 is 11.3 Å². The zero-order chi connectivity index (χ0) is 27.7. The molecule has 3 amide bonds. The van der Waals surface area contributed by atoms with Gasteiger partial charge in [-0.3, -0.25) is 19.3 Å². The van der Waals surface area contributed by atoms with Gasteiger partial charge in [-0.2, -0.15) is 0 Å². The molecule has 3 aliphatic heterocycles. The molecule has 2 aromatic rings. The molecule has 39 heavy (non-hydrogen) atoms. The highest BCUT2D eigenvalue weighted by atomic mass is 32.1. The van der Waals surface area contributed by atoms with Gasteiger partial charge < -0.3 is 24.6 Å². The summed E-state index contributed by atoms with van der Waals surface area (Å²) < 4.78 is 11.0. The molecule has 3 aliphatic rings. The second-order valence-electron chi connectivity index (χ2n) is 10.9. The molecule has 3 saturated heterocycles. The molecule has 0 aliphatic carbocycles. The maximum atomic E-state index is 13.6. The smallest absolute Gasteiger partial charge is 0.261 e. The fourth-order valence-corrected chi connectivity index (χ4v) is 6.44. The molecule has 0 saturated carbocycles. The van der Waals surface area contributed by atoms with Gasteiger partial charge in [-0.25, -0.2) is 4.98 Å². The Morgan fingerprint density at radius 1 is 1.18 bits per heavy atom. The molecule has 1 N–H and O–H groups in total. The number of carbonyl (C=O) groups excluding carboxylic acids is 3. The molecule has 0 unspecified atom stereocenters. The van der Waals surface area contributed by atoms with Crippen LogP contribution in [0.1, 0.15) is 37.0 Å². The van der Waals surface area contributed by atoms with E-state index in [0.717, 1.165) is 42.6 Å². The van der Waals surface area contributed by atoms with Crippen LogP contribution in [0, 0.1) is 5.92 Å². The lowest BCUT2D eigenvalue weighted by Crippen LogP contribution is -2.52. The van der Waals surface area contributed by atoms with Crippen molar-refractivity contribution >= 4 is 34.2 Å². The number of carbonyl (C=O) groups is 3.